The predicted octanol–water partition coefficient (Wildman–Crippen LogP) is 2.84. The minimum absolute atomic E-state index is 0.601. The second-order valence-corrected chi connectivity index (χ2v) is 5.62. The fourth-order valence-electron chi connectivity index (χ4n) is 2.79. The molecule has 0 radical (unpaired) electrons. The molecule has 1 heterocycles. The number of aromatic nitrogens is 1. The van der Waals surface area contributed by atoms with Crippen molar-refractivity contribution in [3.63, 3.8) is 0 Å². The fourth-order valence-corrected chi connectivity index (χ4v) is 3.28. The Balaban J connectivity index is 2.09. The summed E-state index contributed by atoms with van der Waals surface area (Å²) in [7, 11) is 0. The van der Waals surface area contributed by atoms with E-state index in [2.05, 4.69) is 35.6 Å². The number of fused-ring (bicyclic) bond motifs is 1. The normalized spacial score (nSPS) is 20.2. The Hall–Kier alpha value is -0.540. The molecular formula is C14H22N2S. The van der Waals surface area contributed by atoms with E-state index in [1.807, 2.05) is 18.0 Å². The van der Waals surface area contributed by atoms with Gasteiger partial charge in [0.1, 0.15) is 0 Å². The summed E-state index contributed by atoms with van der Waals surface area (Å²) < 4.78 is 0. The summed E-state index contributed by atoms with van der Waals surface area (Å²) in [6, 6.07) is 4.90. The first-order chi connectivity index (χ1) is 8.36. The summed E-state index contributed by atoms with van der Waals surface area (Å²) in [5.74, 6) is 1.86. The molecule has 1 aliphatic carbocycles. The highest BCUT2D eigenvalue weighted by Gasteiger charge is 2.29. The van der Waals surface area contributed by atoms with Crippen molar-refractivity contribution in [1.82, 2.24) is 10.3 Å². The van der Waals surface area contributed by atoms with Crippen LogP contribution in [0.25, 0.3) is 0 Å². The highest BCUT2D eigenvalue weighted by atomic mass is 32.2. The van der Waals surface area contributed by atoms with E-state index in [0.717, 1.165) is 6.54 Å². The Morgan fingerprint density at radius 2 is 2.47 bits per heavy atom. The third kappa shape index (κ3) is 3.02. The van der Waals surface area contributed by atoms with Crippen LogP contribution in [0.5, 0.6) is 0 Å². The molecule has 1 aliphatic rings. The van der Waals surface area contributed by atoms with Crippen LogP contribution in [0.3, 0.4) is 0 Å². The molecule has 0 saturated carbocycles. The number of hydrogen-bond acceptors (Lipinski definition) is 3. The van der Waals surface area contributed by atoms with Crippen molar-refractivity contribution in [2.75, 3.05) is 18.6 Å². The maximum atomic E-state index is 4.61. The second-order valence-electron chi connectivity index (χ2n) is 4.64. The van der Waals surface area contributed by atoms with Crippen LogP contribution in [0.4, 0.5) is 0 Å². The summed E-state index contributed by atoms with van der Waals surface area (Å²) in [6.07, 6.45) is 7.83. The topological polar surface area (TPSA) is 24.9 Å². The van der Waals surface area contributed by atoms with E-state index < -0.39 is 0 Å². The molecule has 3 heteroatoms. The summed E-state index contributed by atoms with van der Waals surface area (Å²) in [4.78, 5) is 4.61. The van der Waals surface area contributed by atoms with E-state index >= 15 is 0 Å². The Kier molecular flexibility index (Phi) is 4.86. The van der Waals surface area contributed by atoms with Gasteiger partial charge < -0.3 is 5.32 Å². The highest BCUT2D eigenvalue weighted by Crippen LogP contribution is 2.34. The van der Waals surface area contributed by atoms with E-state index in [-0.39, 0.29) is 0 Å². The zero-order chi connectivity index (χ0) is 12.1. The van der Waals surface area contributed by atoms with E-state index in [9.17, 15) is 0 Å². The van der Waals surface area contributed by atoms with Gasteiger partial charge in [0.25, 0.3) is 0 Å². The van der Waals surface area contributed by atoms with Crippen molar-refractivity contribution in [2.24, 2.45) is 0 Å². The number of nitrogens with zero attached hydrogens (tertiary/aromatic N) is 1. The molecule has 1 aromatic rings. The van der Waals surface area contributed by atoms with Gasteiger partial charge in [0.2, 0.25) is 0 Å². The Labute approximate surface area is 109 Å². The maximum absolute atomic E-state index is 4.61. The lowest BCUT2D eigenvalue weighted by Crippen LogP contribution is -2.34. The van der Waals surface area contributed by atoms with Crippen molar-refractivity contribution in [3.05, 3.63) is 29.6 Å². The zero-order valence-corrected chi connectivity index (χ0v) is 11.6. The van der Waals surface area contributed by atoms with Crippen LogP contribution in [-0.2, 0) is 6.42 Å². The number of nitrogens with one attached hydrogen (secondary N) is 1. The molecule has 0 spiro atoms. The second kappa shape index (κ2) is 6.41. The van der Waals surface area contributed by atoms with Gasteiger partial charge in [-0.3, -0.25) is 4.98 Å². The van der Waals surface area contributed by atoms with Crippen LogP contribution in [0, 0.1) is 0 Å². The lowest BCUT2D eigenvalue weighted by molar-refractivity contribution is 0.424. The monoisotopic (exact) mass is 250 g/mol. The van der Waals surface area contributed by atoms with Gasteiger partial charge in [0.05, 0.1) is 0 Å². The Bertz CT molecular complexity index is 354. The number of aryl methyl sites for hydroxylation is 1. The van der Waals surface area contributed by atoms with Crippen LogP contribution in [-0.4, -0.2) is 29.6 Å². The molecule has 1 aromatic heterocycles. The van der Waals surface area contributed by atoms with E-state index in [1.165, 1.54) is 36.3 Å². The smallest absolute Gasteiger partial charge is 0.0482 e. The van der Waals surface area contributed by atoms with Gasteiger partial charge in [0.15, 0.2) is 0 Å². The average molecular weight is 250 g/mol. The standard InChI is InChI=1S/C14H22N2S/c1-3-15-13(8-10-17-2)12-7-6-11-5-4-9-16-14(11)12/h4-5,9,12-13,15H,3,6-8,10H2,1-2H3. The van der Waals surface area contributed by atoms with Crippen molar-refractivity contribution >= 4 is 11.8 Å². The van der Waals surface area contributed by atoms with Gasteiger partial charge in [-0.15, -0.1) is 0 Å². The largest absolute Gasteiger partial charge is 0.314 e. The lowest BCUT2D eigenvalue weighted by atomic mass is 9.95. The van der Waals surface area contributed by atoms with Crippen LogP contribution in [0.15, 0.2) is 18.3 Å². The SMILES string of the molecule is CCNC(CCSC)C1CCc2cccnc21. The first kappa shape index (κ1) is 12.9. The quantitative estimate of drug-likeness (QED) is 0.840. The van der Waals surface area contributed by atoms with Gasteiger partial charge in [-0.25, -0.2) is 0 Å². The van der Waals surface area contributed by atoms with Gasteiger partial charge in [0, 0.05) is 23.9 Å². The molecule has 2 nitrogen and oxygen atoms in total. The number of pyridine rings is 1. The molecule has 0 bridgehead atoms. The predicted molar refractivity (Wildman–Crippen MR) is 75.8 cm³/mol. The lowest BCUT2D eigenvalue weighted by Gasteiger charge is -2.24. The molecule has 0 aliphatic heterocycles. The van der Waals surface area contributed by atoms with Gasteiger partial charge in [-0.1, -0.05) is 13.0 Å². The molecule has 2 unspecified atom stereocenters. The van der Waals surface area contributed by atoms with E-state index in [1.54, 1.807) is 0 Å². The van der Waals surface area contributed by atoms with Crippen molar-refractivity contribution < 1.29 is 0 Å². The van der Waals surface area contributed by atoms with Crippen molar-refractivity contribution in [1.29, 1.82) is 0 Å². The minimum atomic E-state index is 0.601. The third-order valence-electron chi connectivity index (χ3n) is 3.59. The van der Waals surface area contributed by atoms with Crippen LogP contribution >= 0.6 is 11.8 Å². The third-order valence-corrected chi connectivity index (χ3v) is 4.23. The molecule has 2 atom stereocenters. The fraction of sp³-hybridized carbons (Fsp3) is 0.643. The van der Waals surface area contributed by atoms with Crippen molar-refractivity contribution in [2.45, 2.75) is 38.1 Å². The number of thioether (sulfide) groups is 1. The summed E-state index contributed by atoms with van der Waals surface area (Å²) in [5, 5.41) is 3.65. The van der Waals surface area contributed by atoms with Gasteiger partial charge in [-0.05, 0) is 49.4 Å². The van der Waals surface area contributed by atoms with Crippen LogP contribution in [0.2, 0.25) is 0 Å². The highest BCUT2D eigenvalue weighted by molar-refractivity contribution is 7.98. The summed E-state index contributed by atoms with van der Waals surface area (Å²) in [6.45, 7) is 3.25. The average Bonchev–Trinajstić information content (AvgIpc) is 2.78. The van der Waals surface area contributed by atoms with Gasteiger partial charge in [-0.2, -0.15) is 11.8 Å². The van der Waals surface area contributed by atoms with Gasteiger partial charge >= 0.3 is 0 Å². The number of hydrogen-bond donors (Lipinski definition) is 1. The molecule has 0 amide bonds. The molecular weight excluding hydrogens is 228 g/mol. The molecule has 17 heavy (non-hydrogen) atoms. The Morgan fingerprint density at radius 1 is 1.59 bits per heavy atom. The van der Waals surface area contributed by atoms with Crippen LogP contribution < -0.4 is 5.32 Å². The van der Waals surface area contributed by atoms with Crippen LogP contribution in [0.1, 0.15) is 36.9 Å². The summed E-state index contributed by atoms with van der Waals surface area (Å²) >= 11 is 1.94. The molecule has 1 N–H and O–H groups in total. The first-order valence-corrected chi connectivity index (χ1v) is 7.92. The minimum Gasteiger partial charge on any atom is -0.314 e. The number of likely N-dealkylation sites (N-methyl/N-ethyl adjacent to an activating group) is 1. The summed E-state index contributed by atoms with van der Waals surface area (Å²) in [5.41, 5.74) is 2.81. The first-order valence-electron chi connectivity index (χ1n) is 6.53. The Morgan fingerprint density at radius 3 is 3.24 bits per heavy atom. The molecule has 0 fully saturated rings. The van der Waals surface area contributed by atoms with E-state index in [4.69, 9.17) is 0 Å². The van der Waals surface area contributed by atoms with Crippen molar-refractivity contribution in [3.8, 4) is 0 Å². The maximum Gasteiger partial charge on any atom is 0.0482 e. The number of rotatable bonds is 6. The zero-order valence-electron chi connectivity index (χ0n) is 10.8. The molecule has 94 valence electrons. The molecule has 0 saturated heterocycles. The molecule has 0 aromatic carbocycles. The molecule has 2 rings (SSSR count). The van der Waals surface area contributed by atoms with E-state index in [0.29, 0.717) is 12.0 Å².